The first-order valence-corrected chi connectivity index (χ1v) is 11.4. The normalized spacial score (nSPS) is 12.7. The van der Waals surface area contributed by atoms with Gasteiger partial charge in [0, 0.05) is 25.0 Å². The Hall–Kier alpha value is -2.73. The van der Waals surface area contributed by atoms with Gasteiger partial charge in [-0.05, 0) is 17.5 Å². The van der Waals surface area contributed by atoms with Crippen molar-refractivity contribution < 1.29 is 21.6 Å². The molecule has 0 aromatic carbocycles. The molecule has 0 N–H and O–H groups in total. The van der Waals surface area contributed by atoms with E-state index in [0.717, 1.165) is 17.8 Å². The predicted octanol–water partition coefficient (Wildman–Crippen LogP) is 3.91. The van der Waals surface area contributed by atoms with Crippen LogP contribution >= 0.6 is 11.3 Å². The molecule has 0 fully saturated rings. The molecule has 0 atom stereocenters. The Morgan fingerprint density at radius 1 is 1.13 bits per heavy atom. The highest BCUT2D eigenvalue weighted by Crippen LogP contribution is 2.35. The van der Waals surface area contributed by atoms with Gasteiger partial charge >= 0.3 is 6.18 Å². The van der Waals surface area contributed by atoms with E-state index in [1.807, 2.05) is 16.8 Å². The van der Waals surface area contributed by atoms with Gasteiger partial charge in [0.1, 0.15) is 17.2 Å². The van der Waals surface area contributed by atoms with Crippen LogP contribution in [0.15, 0.2) is 34.1 Å². The molecule has 4 aromatic heterocycles. The molecule has 0 amide bonds. The molecule has 4 aromatic rings. The van der Waals surface area contributed by atoms with Gasteiger partial charge in [0.2, 0.25) is 0 Å². The van der Waals surface area contributed by atoms with E-state index >= 15 is 0 Å². The quantitative estimate of drug-likeness (QED) is 0.466. The largest absolute Gasteiger partial charge is 0.433 e. The van der Waals surface area contributed by atoms with Crippen LogP contribution in [0.2, 0.25) is 0 Å². The molecule has 4 rings (SSSR count). The number of pyridine rings is 1. The monoisotopic (exact) mass is 455 g/mol. The summed E-state index contributed by atoms with van der Waals surface area (Å²) in [5, 5.41) is 3.65. The third kappa shape index (κ3) is 3.19. The molecule has 0 radical (unpaired) electrons. The number of thiophene rings is 1. The highest BCUT2D eigenvalue weighted by atomic mass is 32.2. The number of halogens is 3. The van der Waals surface area contributed by atoms with E-state index in [1.54, 1.807) is 14.1 Å². The van der Waals surface area contributed by atoms with Crippen LogP contribution in [0.5, 0.6) is 0 Å². The first kappa shape index (κ1) is 20.5. The van der Waals surface area contributed by atoms with E-state index < -0.39 is 21.7 Å². The zero-order chi connectivity index (χ0) is 21.8. The first-order valence-electron chi connectivity index (χ1n) is 8.76. The van der Waals surface area contributed by atoms with Crippen LogP contribution in [-0.4, -0.2) is 38.3 Å². The van der Waals surface area contributed by atoms with E-state index in [1.165, 1.54) is 27.4 Å². The maximum absolute atomic E-state index is 13.0. The molecule has 0 saturated carbocycles. The number of nitrogens with zero attached hydrogens (tertiary/aromatic N) is 5. The molecule has 0 aliphatic rings. The summed E-state index contributed by atoms with van der Waals surface area (Å²) in [6.07, 6.45) is -3.54. The molecule has 4 heterocycles. The summed E-state index contributed by atoms with van der Waals surface area (Å²) in [7, 11) is -0.529. The van der Waals surface area contributed by atoms with Crippen molar-refractivity contribution in [2.75, 3.05) is 5.75 Å². The molecule has 0 unspecified atom stereocenters. The summed E-state index contributed by atoms with van der Waals surface area (Å²) >= 11 is 1.44. The lowest BCUT2D eigenvalue weighted by Gasteiger charge is -2.07. The molecule has 0 aliphatic carbocycles. The fourth-order valence-electron chi connectivity index (χ4n) is 3.23. The van der Waals surface area contributed by atoms with Crippen LogP contribution in [0.25, 0.3) is 33.9 Å². The molecule has 0 aliphatic heterocycles. The minimum Gasteiger partial charge on any atom is -0.324 e. The van der Waals surface area contributed by atoms with Gasteiger partial charge in [-0.25, -0.2) is 23.4 Å². The summed E-state index contributed by atoms with van der Waals surface area (Å²) in [6.45, 7) is 1.52. The number of alkyl halides is 3. The third-order valence-corrected chi connectivity index (χ3v) is 7.27. The second-order valence-corrected chi connectivity index (χ2v) is 9.59. The smallest absolute Gasteiger partial charge is 0.324 e. The van der Waals surface area contributed by atoms with Crippen LogP contribution in [0.3, 0.4) is 0 Å². The van der Waals surface area contributed by atoms with E-state index in [2.05, 4.69) is 15.0 Å². The highest BCUT2D eigenvalue weighted by Gasteiger charge is 2.34. The highest BCUT2D eigenvalue weighted by molar-refractivity contribution is 7.91. The van der Waals surface area contributed by atoms with E-state index in [0.29, 0.717) is 11.3 Å². The molecule has 7 nitrogen and oxygen atoms in total. The number of hydrogen-bond donors (Lipinski definition) is 0. The number of sulfone groups is 1. The van der Waals surface area contributed by atoms with Crippen molar-refractivity contribution in [2.45, 2.75) is 18.1 Å². The molecule has 12 heteroatoms. The van der Waals surface area contributed by atoms with Crippen LogP contribution in [0, 0.1) is 0 Å². The molecule has 0 bridgehead atoms. The second kappa shape index (κ2) is 6.91. The number of rotatable bonds is 4. The average molecular weight is 455 g/mol. The number of aromatic nitrogens is 5. The van der Waals surface area contributed by atoms with Gasteiger partial charge in [-0.1, -0.05) is 6.92 Å². The summed E-state index contributed by atoms with van der Waals surface area (Å²) in [6, 6.07) is 2.66. The van der Waals surface area contributed by atoms with Crippen LogP contribution < -0.4 is 0 Å². The van der Waals surface area contributed by atoms with E-state index in [-0.39, 0.29) is 27.8 Å². The lowest BCUT2D eigenvalue weighted by Crippen LogP contribution is -2.11. The van der Waals surface area contributed by atoms with Crippen molar-refractivity contribution in [3.8, 4) is 22.9 Å². The Balaban J connectivity index is 2.01. The maximum Gasteiger partial charge on any atom is 0.433 e. The SMILES string of the molecule is CCS(=O)(=O)c1c(-c2nc3cc(C(F)(F)F)ncc3n2C)nc(-c2ccsc2)n1C. The zero-order valence-corrected chi connectivity index (χ0v) is 17.7. The van der Waals surface area contributed by atoms with Gasteiger partial charge in [-0.2, -0.15) is 24.5 Å². The van der Waals surface area contributed by atoms with Crippen LogP contribution in [0.4, 0.5) is 13.2 Å². The molecular formula is C18H16F3N5O2S2. The Morgan fingerprint density at radius 2 is 1.87 bits per heavy atom. The second-order valence-electron chi connectivity index (χ2n) is 6.61. The standard InChI is InChI=1S/C18H16F3N5O2S2/c1-4-30(27,28)17-14(24-15(26(17)3)10-5-6-29-9-10)16-23-11-7-13(18(19,20)21)22-8-12(11)25(16)2/h5-9H,4H2,1-3H3. The summed E-state index contributed by atoms with van der Waals surface area (Å²) in [5.74, 6) is 0.418. The van der Waals surface area contributed by atoms with Gasteiger partial charge < -0.3 is 9.13 Å². The van der Waals surface area contributed by atoms with Crippen molar-refractivity contribution in [3.63, 3.8) is 0 Å². The lowest BCUT2D eigenvalue weighted by molar-refractivity contribution is -0.141. The fraction of sp³-hybridized carbons (Fsp3) is 0.278. The molecule has 30 heavy (non-hydrogen) atoms. The third-order valence-electron chi connectivity index (χ3n) is 4.77. The molecule has 0 spiro atoms. The number of aryl methyl sites for hydroxylation is 1. The van der Waals surface area contributed by atoms with Crippen LogP contribution in [0.1, 0.15) is 12.6 Å². The molecule has 0 saturated heterocycles. The van der Waals surface area contributed by atoms with Crippen molar-refractivity contribution in [1.29, 1.82) is 0 Å². The average Bonchev–Trinajstić information content (AvgIpc) is 3.39. The topological polar surface area (TPSA) is 82.7 Å². The summed E-state index contributed by atoms with van der Waals surface area (Å²) < 4.78 is 67.8. The molecule has 158 valence electrons. The van der Waals surface area contributed by atoms with Crippen molar-refractivity contribution >= 4 is 32.2 Å². The number of hydrogen-bond acceptors (Lipinski definition) is 6. The summed E-state index contributed by atoms with van der Waals surface area (Å²) in [5.41, 5.74) is 0.146. The van der Waals surface area contributed by atoms with Gasteiger partial charge in [0.15, 0.2) is 20.7 Å². The Labute approximate surface area is 173 Å². The lowest BCUT2D eigenvalue weighted by atomic mass is 10.3. The van der Waals surface area contributed by atoms with E-state index in [4.69, 9.17) is 0 Å². The van der Waals surface area contributed by atoms with Gasteiger partial charge in [0.25, 0.3) is 0 Å². The maximum atomic E-state index is 13.0. The van der Waals surface area contributed by atoms with E-state index in [9.17, 15) is 21.6 Å². The number of fused-ring (bicyclic) bond motifs is 1. The van der Waals surface area contributed by atoms with Gasteiger partial charge in [-0.3, -0.25) is 0 Å². The Morgan fingerprint density at radius 3 is 2.47 bits per heavy atom. The summed E-state index contributed by atoms with van der Waals surface area (Å²) in [4.78, 5) is 12.3. The Bertz CT molecular complexity index is 1350. The fourth-order valence-corrected chi connectivity index (χ4v) is 5.07. The Kier molecular flexibility index (Phi) is 4.73. The molecular weight excluding hydrogens is 439 g/mol. The number of imidazole rings is 2. The first-order chi connectivity index (χ1) is 14.0. The zero-order valence-electron chi connectivity index (χ0n) is 16.1. The van der Waals surface area contributed by atoms with Crippen LogP contribution in [-0.2, 0) is 30.1 Å². The van der Waals surface area contributed by atoms with Crippen molar-refractivity contribution in [2.24, 2.45) is 14.1 Å². The van der Waals surface area contributed by atoms with Crippen molar-refractivity contribution in [3.05, 3.63) is 34.8 Å². The predicted molar refractivity (Wildman–Crippen MR) is 107 cm³/mol. The van der Waals surface area contributed by atoms with Gasteiger partial charge in [0.05, 0.1) is 23.0 Å². The van der Waals surface area contributed by atoms with Gasteiger partial charge in [-0.15, -0.1) is 0 Å². The minimum atomic E-state index is -4.61. The minimum absolute atomic E-state index is 0.0337. The van der Waals surface area contributed by atoms with Crippen molar-refractivity contribution in [1.82, 2.24) is 24.1 Å².